The number of carbonyl (C=O) groups excluding carboxylic acids is 1. The number of ketones is 1. The molecule has 2 heterocycles. The van der Waals surface area contributed by atoms with Gasteiger partial charge < -0.3 is 4.74 Å². The molecular formula is C11H17BrN4O2. The van der Waals surface area contributed by atoms with Crippen molar-refractivity contribution in [2.45, 2.75) is 19.4 Å². The maximum absolute atomic E-state index is 12.4. The van der Waals surface area contributed by atoms with Gasteiger partial charge in [0.15, 0.2) is 4.60 Å². The van der Waals surface area contributed by atoms with E-state index in [2.05, 4.69) is 38.1 Å². The Morgan fingerprint density at radius 2 is 2.39 bits per heavy atom. The molecule has 0 aliphatic carbocycles. The van der Waals surface area contributed by atoms with E-state index in [0.717, 1.165) is 19.5 Å². The number of morpholine rings is 1. The number of carbonyl (C=O) groups is 1. The molecule has 1 atom stereocenters. The highest BCUT2D eigenvalue weighted by atomic mass is 79.9. The summed E-state index contributed by atoms with van der Waals surface area (Å²) < 4.78 is 7.53. The van der Waals surface area contributed by atoms with Gasteiger partial charge in [-0.25, -0.2) is 4.68 Å². The molecule has 6 nitrogen and oxygen atoms in total. The zero-order chi connectivity index (χ0) is 13.1. The second kappa shape index (κ2) is 5.90. The number of hydrogen-bond acceptors (Lipinski definition) is 5. The van der Waals surface area contributed by atoms with Gasteiger partial charge in [-0.2, -0.15) is 0 Å². The molecule has 0 spiro atoms. The number of Topliss-reactive ketones (excluding diaryl/α,β-unsaturated/α-hetero) is 1. The number of ether oxygens (including phenoxy) is 1. The van der Waals surface area contributed by atoms with Gasteiger partial charge in [-0.15, -0.1) is 5.10 Å². The highest BCUT2D eigenvalue weighted by Crippen LogP contribution is 2.17. The molecule has 1 aliphatic rings. The smallest absolute Gasteiger partial charge is 0.213 e. The van der Waals surface area contributed by atoms with Crippen LogP contribution in [0.3, 0.4) is 0 Å². The lowest BCUT2D eigenvalue weighted by Crippen LogP contribution is -2.46. The quantitative estimate of drug-likeness (QED) is 0.771. The maximum atomic E-state index is 12.4. The summed E-state index contributed by atoms with van der Waals surface area (Å²) in [5, 5.41) is 7.64. The lowest BCUT2D eigenvalue weighted by molar-refractivity contribution is -0.0168. The standard InChI is InChI=1S/C11H17BrN4O2/c1-3-4-16-5-6-18-8(7-16)10(17)9-11(12)13-14-15(9)2/h8H,3-7H2,1-2H3. The van der Waals surface area contributed by atoms with Gasteiger partial charge in [0.2, 0.25) is 5.78 Å². The van der Waals surface area contributed by atoms with E-state index >= 15 is 0 Å². The molecule has 1 saturated heterocycles. The molecule has 7 heteroatoms. The molecule has 2 rings (SSSR count). The van der Waals surface area contributed by atoms with Crippen molar-refractivity contribution in [3.05, 3.63) is 10.3 Å². The molecule has 0 amide bonds. The van der Waals surface area contributed by atoms with Crippen LogP contribution >= 0.6 is 15.9 Å². The van der Waals surface area contributed by atoms with Crippen LogP contribution in [0, 0.1) is 0 Å². The third-order valence-corrected chi connectivity index (χ3v) is 3.54. The highest BCUT2D eigenvalue weighted by Gasteiger charge is 2.30. The van der Waals surface area contributed by atoms with Crippen LogP contribution in [0.5, 0.6) is 0 Å². The average molecular weight is 317 g/mol. The molecule has 1 aromatic heterocycles. The van der Waals surface area contributed by atoms with E-state index in [1.54, 1.807) is 7.05 Å². The van der Waals surface area contributed by atoms with E-state index in [1.165, 1.54) is 4.68 Å². The molecule has 0 aromatic carbocycles. The molecule has 0 radical (unpaired) electrons. The number of hydrogen-bond donors (Lipinski definition) is 0. The largest absolute Gasteiger partial charge is 0.367 e. The Bertz CT molecular complexity index is 413. The van der Waals surface area contributed by atoms with Gasteiger partial charge in [-0.1, -0.05) is 12.1 Å². The van der Waals surface area contributed by atoms with Gasteiger partial charge in [0, 0.05) is 20.1 Å². The Morgan fingerprint density at radius 1 is 1.61 bits per heavy atom. The van der Waals surface area contributed by atoms with Crippen molar-refractivity contribution in [2.24, 2.45) is 7.05 Å². The number of aryl methyl sites for hydroxylation is 1. The SMILES string of the molecule is CCCN1CCOC(C(=O)c2c(Br)nnn2C)C1. The lowest BCUT2D eigenvalue weighted by Gasteiger charge is -2.31. The van der Waals surface area contributed by atoms with Crippen LogP contribution in [0.4, 0.5) is 0 Å². The Hall–Kier alpha value is -0.790. The van der Waals surface area contributed by atoms with Crippen molar-refractivity contribution in [3.63, 3.8) is 0 Å². The molecule has 1 aliphatic heterocycles. The molecular weight excluding hydrogens is 300 g/mol. The van der Waals surface area contributed by atoms with E-state index < -0.39 is 6.10 Å². The third-order valence-electron chi connectivity index (χ3n) is 3.00. The Kier molecular flexibility index (Phi) is 4.47. The lowest BCUT2D eigenvalue weighted by atomic mass is 10.1. The van der Waals surface area contributed by atoms with Crippen LogP contribution in [-0.4, -0.2) is 58.0 Å². The van der Waals surface area contributed by atoms with Crippen molar-refractivity contribution in [1.82, 2.24) is 19.9 Å². The maximum Gasteiger partial charge on any atom is 0.213 e. The summed E-state index contributed by atoms with van der Waals surface area (Å²) in [6.45, 7) is 5.26. The minimum atomic E-state index is -0.418. The fraction of sp³-hybridized carbons (Fsp3) is 0.727. The molecule has 0 bridgehead atoms. The van der Waals surface area contributed by atoms with Gasteiger partial charge in [0.05, 0.1) is 6.61 Å². The number of aromatic nitrogens is 3. The van der Waals surface area contributed by atoms with E-state index in [0.29, 0.717) is 23.4 Å². The molecule has 18 heavy (non-hydrogen) atoms. The Labute approximate surface area is 114 Å². The average Bonchev–Trinajstić information content (AvgIpc) is 2.69. The second-order valence-corrected chi connectivity index (χ2v) is 5.13. The monoisotopic (exact) mass is 316 g/mol. The van der Waals surface area contributed by atoms with Gasteiger partial charge >= 0.3 is 0 Å². The number of nitrogens with zero attached hydrogens (tertiary/aromatic N) is 4. The molecule has 0 saturated carbocycles. The first-order valence-corrected chi connectivity index (χ1v) is 6.86. The first-order valence-electron chi connectivity index (χ1n) is 6.06. The van der Waals surface area contributed by atoms with Crippen molar-refractivity contribution in [3.8, 4) is 0 Å². The zero-order valence-corrected chi connectivity index (χ0v) is 12.2. The summed E-state index contributed by atoms with van der Waals surface area (Å²) in [4.78, 5) is 14.6. The highest BCUT2D eigenvalue weighted by molar-refractivity contribution is 9.10. The molecule has 0 N–H and O–H groups in total. The fourth-order valence-corrected chi connectivity index (χ4v) is 2.65. The second-order valence-electron chi connectivity index (χ2n) is 4.38. The van der Waals surface area contributed by atoms with Crippen LogP contribution in [0.25, 0.3) is 0 Å². The predicted octanol–water partition coefficient (Wildman–Crippen LogP) is 0.871. The summed E-state index contributed by atoms with van der Waals surface area (Å²) in [5.74, 6) is -0.0600. The zero-order valence-electron chi connectivity index (χ0n) is 10.6. The van der Waals surface area contributed by atoms with Gasteiger partial charge in [0.25, 0.3) is 0 Å². The summed E-state index contributed by atoms with van der Waals surface area (Å²) in [6.07, 6.45) is 0.663. The van der Waals surface area contributed by atoms with Crippen molar-refractivity contribution in [2.75, 3.05) is 26.2 Å². The topological polar surface area (TPSA) is 60.2 Å². The minimum absolute atomic E-state index is 0.0600. The van der Waals surface area contributed by atoms with Crippen LogP contribution < -0.4 is 0 Å². The molecule has 100 valence electrons. The number of rotatable bonds is 4. The van der Waals surface area contributed by atoms with Crippen LogP contribution in [0.15, 0.2) is 4.60 Å². The van der Waals surface area contributed by atoms with Crippen LogP contribution in [-0.2, 0) is 11.8 Å². The van der Waals surface area contributed by atoms with Gasteiger partial charge in [0.1, 0.15) is 11.8 Å². The molecule has 1 aromatic rings. The van der Waals surface area contributed by atoms with Crippen LogP contribution in [0.2, 0.25) is 0 Å². The van der Waals surface area contributed by atoms with Gasteiger partial charge in [-0.05, 0) is 28.9 Å². The first kappa shape index (κ1) is 13.6. The first-order chi connectivity index (χ1) is 8.63. The summed E-state index contributed by atoms with van der Waals surface area (Å²) in [5.41, 5.74) is 0.471. The van der Waals surface area contributed by atoms with Crippen molar-refractivity contribution >= 4 is 21.7 Å². The van der Waals surface area contributed by atoms with E-state index in [1.807, 2.05) is 0 Å². The molecule has 1 fully saturated rings. The van der Waals surface area contributed by atoms with E-state index in [9.17, 15) is 4.79 Å². The van der Waals surface area contributed by atoms with Crippen molar-refractivity contribution in [1.29, 1.82) is 0 Å². The van der Waals surface area contributed by atoms with E-state index in [4.69, 9.17) is 4.74 Å². The predicted molar refractivity (Wildman–Crippen MR) is 69.5 cm³/mol. The number of halogens is 1. The summed E-state index contributed by atoms with van der Waals surface area (Å²) in [7, 11) is 1.71. The fourth-order valence-electron chi connectivity index (χ4n) is 2.13. The normalized spacial score (nSPS) is 21.2. The third kappa shape index (κ3) is 2.78. The Morgan fingerprint density at radius 3 is 3.00 bits per heavy atom. The minimum Gasteiger partial charge on any atom is -0.367 e. The molecule has 1 unspecified atom stereocenters. The summed E-state index contributed by atoms with van der Waals surface area (Å²) in [6, 6.07) is 0. The van der Waals surface area contributed by atoms with Crippen LogP contribution in [0.1, 0.15) is 23.8 Å². The van der Waals surface area contributed by atoms with E-state index in [-0.39, 0.29) is 5.78 Å². The van der Waals surface area contributed by atoms with Gasteiger partial charge in [-0.3, -0.25) is 9.69 Å². The Balaban J connectivity index is 2.09. The summed E-state index contributed by atoms with van der Waals surface area (Å²) >= 11 is 3.25. The van der Waals surface area contributed by atoms with Crippen molar-refractivity contribution < 1.29 is 9.53 Å².